The van der Waals surface area contributed by atoms with Crippen LogP contribution in [0.3, 0.4) is 0 Å². The SMILES string of the molecule is CC(C)(C)OC(=O)N[C@H](CCC(=O)NC(c1ccccc1)(c1ccccc1)c1ccccc1)C(=O)O. The number of benzene rings is 3. The largest absolute Gasteiger partial charge is 0.480 e. The van der Waals surface area contributed by atoms with Crippen LogP contribution in [0.5, 0.6) is 0 Å². The first-order valence-corrected chi connectivity index (χ1v) is 11.8. The molecule has 7 nitrogen and oxygen atoms in total. The summed E-state index contributed by atoms with van der Waals surface area (Å²) in [6.45, 7) is 5.06. The fourth-order valence-electron chi connectivity index (χ4n) is 4.04. The monoisotopic (exact) mass is 488 g/mol. The first kappa shape index (κ1) is 26.5. The Bertz CT molecular complexity index is 1060. The minimum atomic E-state index is -1.27. The third-order valence-electron chi connectivity index (χ3n) is 5.60. The van der Waals surface area contributed by atoms with Crippen molar-refractivity contribution in [2.45, 2.75) is 50.8 Å². The molecule has 3 rings (SSSR count). The van der Waals surface area contributed by atoms with E-state index in [1.807, 2.05) is 91.0 Å². The summed E-state index contributed by atoms with van der Waals surface area (Å²) >= 11 is 0. The predicted molar refractivity (Wildman–Crippen MR) is 137 cm³/mol. The number of alkyl carbamates (subject to hydrolysis) is 1. The molecular formula is C29H32N2O5. The minimum absolute atomic E-state index is 0.102. The molecule has 0 aliphatic carbocycles. The lowest BCUT2D eigenvalue weighted by Gasteiger charge is -2.37. The maximum absolute atomic E-state index is 13.4. The van der Waals surface area contributed by atoms with E-state index >= 15 is 0 Å². The molecule has 36 heavy (non-hydrogen) atoms. The molecule has 7 heteroatoms. The number of aliphatic carboxylic acids is 1. The second-order valence-electron chi connectivity index (χ2n) is 9.47. The van der Waals surface area contributed by atoms with Gasteiger partial charge in [0.15, 0.2) is 0 Å². The molecule has 3 aromatic rings. The summed E-state index contributed by atoms with van der Waals surface area (Å²) < 4.78 is 5.17. The van der Waals surface area contributed by atoms with E-state index in [2.05, 4.69) is 10.6 Å². The number of nitrogens with one attached hydrogen (secondary N) is 2. The van der Waals surface area contributed by atoms with Crippen LogP contribution in [0.1, 0.15) is 50.3 Å². The summed E-state index contributed by atoms with van der Waals surface area (Å²) in [6, 6.07) is 27.6. The molecule has 0 spiro atoms. The fourth-order valence-corrected chi connectivity index (χ4v) is 4.04. The van der Waals surface area contributed by atoms with E-state index in [0.29, 0.717) is 0 Å². The second kappa shape index (κ2) is 11.5. The van der Waals surface area contributed by atoms with Crippen molar-refractivity contribution in [1.29, 1.82) is 0 Å². The van der Waals surface area contributed by atoms with Gasteiger partial charge in [-0.25, -0.2) is 9.59 Å². The molecule has 0 saturated heterocycles. The summed E-state index contributed by atoms with van der Waals surface area (Å²) in [6.07, 6.45) is -1.07. The van der Waals surface area contributed by atoms with Crippen LogP contribution in [0, 0.1) is 0 Å². The van der Waals surface area contributed by atoms with E-state index < -0.39 is 29.2 Å². The van der Waals surface area contributed by atoms with Gasteiger partial charge in [0.2, 0.25) is 5.91 Å². The number of rotatable bonds is 9. The number of ether oxygens (including phenoxy) is 1. The number of carboxylic acids is 1. The van der Waals surface area contributed by atoms with Crippen LogP contribution in [-0.4, -0.2) is 34.7 Å². The molecule has 0 saturated carbocycles. The second-order valence-corrected chi connectivity index (χ2v) is 9.47. The van der Waals surface area contributed by atoms with Gasteiger partial charge in [-0.2, -0.15) is 0 Å². The van der Waals surface area contributed by atoms with Crippen molar-refractivity contribution < 1.29 is 24.2 Å². The smallest absolute Gasteiger partial charge is 0.408 e. The van der Waals surface area contributed by atoms with Crippen LogP contribution in [0.2, 0.25) is 0 Å². The topological polar surface area (TPSA) is 105 Å². The highest BCUT2D eigenvalue weighted by Crippen LogP contribution is 2.36. The lowest BCUT2D eigenvalue weighted by Crippen LogP contribution is -2.49. The Morgan fingerprint density at radius 1 is 0.778 bits per heavy atom. The molecule has 0 bridgehead atoms. The van der Waals surface area contributed by atoms with Gasteiger partial charge in [-0.1, -0.05) is 91.0 Å². The molecule has 188 valence electrons. The van der Waals surface area contributed by atoms with Crippen LogP contribution < -0.4 is 10.6 Å². The number of amides is 2. The quantitative estimate of drug-likeness (QED) is 0.374. The number of carboxylic acid groups (broad SMARTS) is 1. The zero-order valence-corrected chi connectivity index (χ0v) is 20.7. The van der Waals surface area contributed by atoms with Crippen LogP contribution >= 0.6 is 0 Å². The third kappa shape index (κ3) is 6.72. The molecule has 3 aromatic carbocycles. The molecule has 1 atom stereocenters. The van der Waals surface area contributed by atoms with Crippen molar-refractivity contribution in [3.05, 3.63) is 108 Å². The molecule has 3 N–H and O–H groups in total. The van der Waals surface area contributed by atoms with Crippen molar-refractivity contribution in [3.8, 4) is 0 Å². The molecule has 0 aliphatic heterocycles. The standard InChI is InChI=1S/C29H32N2O5/c1-28(2,3)36-27(35)30-24(26(33)34)19-20-25(32)31-29(21-13-7-4-8-14-21,22-15-9-5-10-16-22)23-17-11-6-12-18-23/h4-18,24H,19-20H2,1-3H3,(H,30,35)(H,31,32)(H,33,34)/t24-/m1/s1. The maximum Gasteiger partial charge on any atom is 0.408 e. The van der Waals surface area contributed by atoms with E-state index in [0.717, 1.165) is 16.7 Å². The molecule has 0 aliphatic rings. The van der Waals surface area contributed by atoms with Crippen LogP contribution in [0.4, 0.5) is 4.79 Å². The first-order valence-electron chi connectivity index (χ1n) is 11.8. The van der Waals surface area contributed by atoms with Gasteiger partial charge in [0.25, 0.3) is 0 Å². The van der Waals surface area contributed by atoms with Crippen molar-refractivity contribution in [2.75, 3.05) is 0 Å². The molecular weight excluding hydrogens is 456 g/mol. The molecule has 0 fully saturated rings. The maximum atomic E-state index is 13.4. The molecule has 0 heterocycles. The Kier molecular flexibility index (Phi) is 8.48. The van der Waals surface area contributed by atoms with Crippen molar-refractivity contribution in [2.24, 2.45) is 0 Å². The Morgan fingerprint density at radius 2 is 1.19 bits per heavy atom. The van der Waals surface area contributed by atoms with Crippen LogP contribution in [-0.2, 0) is 19.9 Å². The van der Waals surface area contributed by atoms with Gasteiger partial charge >= 0.3 is 12.1 Å². The highest BCUT2D eigenvalue weighted by Gasteiger charge is 2.38. The van der Waals surface area contributed by atoms with Crippen molar-refractivity contribution in [3.63, 3.8) is 0 Å². The van der Waals surface area contributed by atoms with Crippen LogP contribution in [0.15, 0.2) is 91.0 Å². The number of hydrogen-bond donors (Lipinski definition) is 3. The predicted octanol–water partition coefficient (Wildman–Crippen LogP) is 4.85. The highest BCUT2D eigenvalue weighted by atomic mass is 16.6. The van der Waals surface area contributed by atoms with E-state index in [4.69, 9.17) is 4.74 Å². The van der Waals surface area contributed by atoms with E-state index in [-0.39, 0.29) is 18.7 Å². The Hall–Kier alpha value is -4.13. The van der Waals surface area contributed by atoms with E-state index in [9.17, 15) is 19.5 Å². The number of carbonyl (C=O) groups is 3. The number of carbonyl (C=O) groups excluding carboxylic acids is 2. The van der Waals surface area contributed by atoms with Gasteiger partial charge in [-0.3, -0.25) is 4.79 Å². The Balaban J connectivity index is 1.90. The van der Waals surface area contributed by atoms with Gasteiger partial charge in [0.05, 0.1) is 0 Å². The molecule has 2 amide bonds. The van der Waals surface area contributed by atoms with Gasteiger partial charge in [-0.15, -0.1) is 0 Å². The lowest BCUT2D eigenvalue weighted by atomic mass is 9.77. The normalized spacial score (nSPS) is 12.3. The molecule has 0 radical (unpaired) electrons. The highest BCUT2D eigenvalue weighted by molar-refractivity contribution is 5.83. The van der Waals surface area contributed by atoms with E-state index in [1.54, 1.807) is 20.8 Å². The number of hydrogen-bond acceptors (Lipinski definition) is 4. The Labute approximate surface area is 211 Å². The Morgan fingerprint density at radius 3 is 1.56 bits per heavy atom. The van der Waals surface area contributed by atoms with Crippen molar-refractivity contribution >= 4 is 18.0 Å². The zero-order valence-electron chi connectivity index (χ0n) is 20.7. The van der Waals surface area contributed by atoms with Gasteiger partial charge in [0.1, 0.15) is 17.2 Å². The van der Waals surface area contributed by atoms with Gasteiger partial charge < -0.3 is 20.5 Å². The fraction of sp³-hybridized carbons (Fsp3) is 0.276. The summed E-state index contributed by atoms with van der Waals surface area (Å²) in [5.74, 6) is -1.60. The van der Waals surface area contributed by atoms with Crippen LogP contribution in [0.25, 0.3) is 0 Å². The summed E-state index contributed by atoms with van der Waals surface area (Å²) in [5, 5.41) is 15.1. The van der Waals surface area contributed by atoms with E-state index in [1.165, 1.54) is 0 Å². The average molecular weight is 489 g/mol. The third-order valence-corrected chi connectivity index (χ3v) is 5.60. The molecule has 0 unspecified atom stereocenters. The van der Waals surface area contributed by atoms with Crippen molar-refractivity contribution in [1.82, 2.24) is 10.6 Å². The minimum Gasteiger partial charge on any atom is -0.480 e. The zero-order chi connectivity index (χ0) is 26.2. The summed E-state index contributed by atoms with van der Waals surface area (Å²) in [4.78, 5) is 37.2. The molecule has 0 aromatic heterocycles. The first-order chi connectivity index (χ1) is 17.1. The van der Waals surface area contributed by atoms with Gasteiger partial charge in [-0.05, 0) is 43.9 Å². The summed E-state index contributed by atoms with van der Waals surface area (Å²) in [7, 11) is 0. The summed E-state index contributed by atoms with van der Waals surface area (Å²) in [5.41, 5.74) is 0.802. The van der Waals surface area contributed by atoms with Gasteiger partial charge in [0, 0.05) is 6.42 Å². The average Bonchev–Trinajstić information content (AvgIpc) is 2.85. The lowest BCUT2D eigenvalue weighted by molar-refractivity contribution is -0.139.